The van der Waals surface area contributed by atoms with Gasteiger partial charge in [0.25, 0.3) is 5.91 Å². The Morgan fingerprint density at radius 3 is 2.26 bits per heavy atom. The minimum absolute atomic E-state index is 0.0213. The molecule has 0 aliphatic carbocycles. The van der Waals surface area contributed by atoms with E-state index in [2.05, 4.69) is 22.9 Å². The highest BCUT2D eigenvalue weighted by molar-refractivity contribution is 5.97. The summed E-state index contributed by atoms with van der Waals surface area (Å²) in [5, 5.41) is 8.93. The summed E-state index contributed by atoms with van der Waals surface area (Å²) in [5.74, 6) is -0.338. The van der Waals surface area contributed by atoms with E-state index in [1.807, 2.05) is 32.9 Å². The largest absolute Gasteiger partial charge is 0.353 e. The van der Waals surface area contributed by atoms with Crippen molar-refractivity contribution in [3.8, 4) is 0 Å². The van der Waals surface area contributed by atoms with Crippen LogP contribution in [0.1, 0.15) is 43.1 Å². The highest BCUT2D eigenvalue weighted by Gasteiger charge is 2.24. The summed E-state index contributed by atoms with van der Waals surface area (Å²) in [6, 6.07) is 6.79. The molecule has 0 saturated carbocycles. The molecule has 1 aromatic rings. The van der Waals surface area contributed by atoms with Gasteiger partial charge in [-0.25, -0.2) is 0 Å². The maximum Gasteiger partial charge on any atom is 0.251 e. The summed E-state index contributed by atoms with van der Waals surface area (Å²) in [6.07, 6.45) is 1.06. The molecule has 1 aromatic carbocycles. The first-order valence-electron chi connectivity index (χ1n) is 8.31. The van der Waals surface area contributed by atoms with Gasteiger partial charge in [-0.2, -0.15) is 0 Å². The Hall–Kier alpha value is -1.88. The van der Waals surface area contributed by atoms with Crippen molar-refractivity contribution in [2.75, 3.05) is 19.6 Å². The van der Waals surface area contributed by atoms with Crippen LogP contribution in [0.2, 0.25) is 0 Å². The molecule has 0 aliphatic heterocycles. The fourth-order valence-electron chi connectivity index (χ4n) is 2.15. The molecule has 1 rings (SSSR count). The number of benzene rings is 1. The van der Waals surface area contributed by atoms with Gasteiger partial charge in [-0.05, 0) is 37.9 Å². The van der Waals surface area contributed by atoms with Crippen molar-refractivity contribution in [2.45, 2.75) is 40.2 Å². The SMILES string of the molecule is CCCNCCNC(=O)C(NC(=O)c1ccc(C)cc1)C(C)C. The normalized spacial score (nSPS) is 12.0. The van der Waals surface area contributed by atoms with Crippen LogP contribution >= 0.6 is 0 Å². The number of carbonyl (C=O) groups is 2. The van der Waals surface area contributed by atoms with E-state index in [1.54, 1.807) is 12.1 Å². The maximum absolute atomic E-state index is 12.3. The first-order chi connectivity index (χ1) is 11.0. The van der Waals surface area contributed by atoms with Gasteiger partial charge in [0.05, 0.1) is 0 Å². The van der Waals surface area contributed by atoms with Gasteiger partial charge in [-0.1, -0.05) is 38.5 Å². The fourth-order valence-corrected chi connectivity index (χ4v) is 2.15. The number of carbonyl (C=O) groups excluding carboxylic acids is 2. The molecule has 128 valence electrons. The molecule has 0 fully saturated rings. The molecule has 1 unspecified atom stereocenters. The lowest BCUT2D eigenvalue weighted by Crippen LogP contribution is -2.50. The van der Waals surface area contributed by atoms with E-state index in [9.17, 15) is 9.59 Å². The summed E-state index contributed by atoms with van der Waals surface area (Å²) in [4.78, 5) is 24.6. The Bertz CT molecular complexity index is 497. The molecule has 5 heteroatoms. The zero-order valence-corrected chi connectivity index (χ0v) is 14.6. The van der Waals surface area contributed by atoms with Crippen molar-refractivity contribution in [3.63, 3.8) is 0 Å². The van der Waals surface area contributed by atoms with Crippen LogP contribution < -0.4 is 16.0 Å². The summed E-state index contributed by atoms with van der Waals surface area (Å²) >= 11 is 0. The quantitative estimate of drug-likeness (QED) is 0.609. The molecule has 23 heavy (non-hydrogen) atoms. The van der Waals surface area contributed by atoms with Crippen LogP contribution in [0, 0.1) is 12.8 Å². The number of aryl methyl sites for hydroxylation is 1. The van der Waals surface area contributed by atoms with Gasteiger partial charge in [-0.15, -0.1) is 0 Å². The van der Waals surface area contributed by atoms with Gasteiger partial charge in [0.1, 0.15) is 6.04 Å². The van der Waals surface area contributed by atoms with Crippen molar-refractivity contribution in [3.05, 3.63) is 35.4 Å². The second-order valence-electron chi connectivity index (χ2n) is 6.10. The number of rotatable bonds is 9. The van der Waals surface area contributed by atoms with Crippen LogP contribution in [-0.2, 0) is 4.79 Å². The van der Waals surface area contributed by atoms with Crippen molar-refractivity contribution in [1.29, 1.82) is 0 Å². The molecule has 0 heterocycles. The van der Waals surface area contributed by atoms with Gasteiger partial charge in [0.15, 0.2) is 0 Å². The Morgan fingerprint density at radius 1 is 1.04 bits per heavy atom. The topological polar surface area (TPSA) is 70.2 Å². The van der Waals surface area contributed by atoms with Gasteiger partial charge >= 0.3 is 0 Å². The molecule has 0 radical (unpaired) electrons. The van der Waals surface area contributed by atoms with Gasteiger partial charge < -0.3 is 16.0 Å². The van der Waals surface area contributed by atoms with Crippen LogP contribution in [0.3, 0.4) is 0 Å². The molecule has 1 atom stereocenters. The number of amides is 2. The van der Waals surface area contributed by atoms with Crippen LogP contribution in [0.15, 0.2) is 24.3 Å². The summed E-state index contributed by atoms with van der Waals surface area (Å²) < 4.78 is 0. The number of hydrogen-bond acceptors (Lipinski definition) is 3. The summed E-state index contributed by atoms with van der Waals surface area (Å²) in [6.45, 7) is 10.1. The van der Waals surface area contributed by atoms with Crippen molar-refractivity contribution >= 4 is 11.8 Å². The Labute approximate surface area is 139 Å². The highest BCUT2D eigenvalue weighted by Crippen LogP contribution is 2.06. The predicted octanol–water partition coefficient (Wildman–Crippen LogP) is 1.87. The highest BCUT2D eigenvalue weighted by atomic mass is 16.2. The van der Waals surface area contributed by atoms with Gasteiger partial charge in [0.2, 0.25) is 5.91 Å². The van der Waals surface area contributed by atoms with Crippen LogP contribution in [0.5, 0.6) is 0 Å². The maximum atomic E-state index is 12.3. The third kappa shape index (κ3) is 6.82. The number of nitrogens with one attached hydrogen (secondary N) is 3. The van der Waals surface area contributed by atoms with Crippen molar-refractivity contribution in [1.82, 2.24) is 16.0 Å². The van der Waals surface area contributed by atoms with E-state index in [-0.39, 0.29) is 17.7 Å². The van der Waals surface area contributed by atoms with E-state index in [1.165, 1.54) is 0 Å². The molecule has 0 spiro atoms. The number of hydrogen-bond donors (Lipinski definition) is 3. The summed E-state index contributed by atoms with van der Waals surface area (Å²) in [7, 11) is 0. The average Bonchev–Trinajstić information content (AvgIpc) is 2.52. The lowest BCUT2D eigenvalue weighted by Gasteiger charge is -2.22. The first-order valence-corrected chi connectivity index (χ1v) is 8.31. The lowest BCUT2D eigenvalue weighted by atomic mass is 10.0. The molecule has 0 aliphatic rings. The fraction of sp³-hybridized carbons (Fsp3) is 0.556. The zero-order chi connectivity index (χ0) is 17.2. The van der Waals surface area contributed by atoms with E-state index in [0.717, 1.165) is 25.1 Å². The molecule has 2 amide bonds. The molecular formula is C18H29N3O2. The molecule has 0 bridgehead atoms. The third-order valence-corrected chi connectivity index (χ3v) is 3.58. The monoisotopic (exact) mass is 319 g/mol. The second kappa shape index (κ2) is 10.0. The Balaban J connectivity index is 2.55. The van der Waals surface area contributed by atoms with Crippen molar-refractivity contribution in [2.24, 2.45) is 5.92 Å². The van der Waals surface area contributed by atoms with Crippen molar-refractivity contribution < 1.29 is 9.59 Å². The van der Waals surface area contributed by atoms with E-state index in [4.69, 9.17) is 0 Å². The lowest BCUT2D eigenvalue weighted by molar-refractivity contribution is -0.123. The van der Waals surface area contributed by atoms with Crippen LogP contribution in [0.25, 0.3) is 0 Å². The minimum atomic E-state index is -0.532. The summed E-state index contributed by atoms with van der Waals surface area (Å²) in [5.41, 5.74) is 1.66. The molecule has 0 saturated heterocycles. The first kappa shape index (κ1) is 19.2. The zero-order valence-electron chi connectivity index (χ0n) is 14.6. The van der Waals surface area contributed by atoms with E-state index >= 15 is 0 Å². The van der Waals surface area contributed by atoms with Crippen LogP contribution in [-0.4, -0.2) is 37.5 Å². The Morgan fingerprint density at radius 2 is 1.70 bits per heavy atom. The van der Waals surface area contributed by atoms with E-state index < -0.39 is 6.04 Å². The Kier molecular flexibility index (Phi) is 8.33. The second-order valence-corrected chi connectivity index (χ2v) is 6.10. The predicted molar refractivity (Wildman–Crippen MR) is 93.4 cm³/mol. The van der Waals surface area contributed by atoms with Gasteiger partial charge in [0, 0.05) is 18.7 Å². The van der Waals surface area contributed by atoms with Crippen LogP contribution in [0.4, 0.5) is 0 Å². The molecule has 0 aromatic heterocycles. The van der Waals surface area contributed by atoms with E-state index in [0.29, 0.717) is 12.1 Å². The standard InChI is InChI=1S/C18H29N3O2/c1-5-10-19-11-12-20-18(23)16(13(2)3)21-17(22)15-8-6-14(4)7-9-15/h6-9,13,16,19H,5,10-12H2,1-4H3,(H,20,23)(H,21,22). The molecule has 5 nitrogen and oxygen atoms in total. The van der Waals surface area contributed by atoms with Gasteiger partial charge in [-0.3, -0.25) is 9.59 Å². The average molecular weight is 319 g/mol. The minimum Gasteiger partial charge on any atom is -0.353 e. The smallest absolute Gasteiger partial charge is 0.251 e. The third-order valence-electron chi connectivity index (χ3n) is 3.58. The molecular weight excluding hydrogens is 290 g/mol. The molecule has 3 N–H and O–H groups in total.